The lowest BCUT2D eigenvalue weighted by atomic mass is 9.86. The number of ether oxygens (including phenoxy) is 1. The van der Waals surface area contributed by atoms with Gasteiger partial charge in [0.2, 0.25) is 11.8 Å². The summed E-state index contributed by atoms with van der Waals surface area (Å²) in [5.74, 6) is -0.783. The van der Waals surface area contributed by atoms with Crippen LogP contribution in [0.5, 0.6) is 0 Å². The molecule has 5 nitrogen and oxygen atoms in total. The van der Waals surface area contributed by atoms with Crippen LogP contribution in [-0.2, 0) is 26.2 Å². The molecule has 1 aliphatic rings. The lowest BCUT2D eigenvalue weighted by Gasteiger charge is -2.21. The Morgan fingerprint density at radius 1 is 1.30 bits per heavy atom. The van der Waals surface area contributed by atoms with E-state index in [1.807, 2.05) is 12.1 Å². The Kier molecular flexibility index (Phi) is 5.42. The lowest BCUT2D eigenvalue weighted by molar-refractivity contribution is -0.133. The van der Waals surface area contributed by atoms with Gasteiger partial charge in [-0.25, -0.2) is 0 Å². The van der Waals surface area contributed by atoms with Crippen molar-refractivity contribution in [2.75, 3.05) is 6.61 Å². The molecule has 1 saturated heterocycles. The average Bonchev–Trinajstić information content (AvgIpc) is 3.00. The maximum atomic E-state index is 12.1. The second-order valence-corrected chi connectivity index (χ2v) is 7.12. The van der Waals surface area contributed by atoms with Gasteiger partial charge in [0.1, 0.15) is 12.1 Å². The van der Waals surface area contributed by atoms with Crippen molar-refractivity contribution in [1.29, 1.82) is 0 Å². The zero-order valence-electron chi connectivity index (χ0n) is 14.1. The Morgan fingerprint density at radius 3 is 2.43 bits per heavy atom. The Bertz CT molecular complexity index is 555. The van der Waals surface area contributed by atoms with Crippen molar-refractivity contribution >= 4 is 11.8 Å². The zero-order valence-corrected chi connectivity index (χ0v) is 14.1. The van der Waals surface area contributed by atoms with Crippen LogP contribution >= 0.6 is 0 Å². The van der Waals surface area contributed by atoms with Crippen molar-refractivity contribution < 1.29 is 14.3 Å². The third-order valence-corrected chi connectivity index (χ3v) is 4.14. The van der Waals surface area contributed by atoms with Gasteiger partial charge >= 0.3 is 0 Å². The molecule has 1 aromatic carbocycles. The van der Waals surface area contributed by atoms with Gasteiger partial charge in [-0.3, -0.25) is 9.59 Å². The van der Waals surface area contributed by atoms with Crippen LogP contribution in [0.2, 0.25) is 0 Å². The summed E-state index contributed by atoms with van der Waals surface area (Å²) < 4.78 is 5.33. The first-order chi connectivity index (χ1) is 10.8. The number of hydrogen-bond donors (Lipinski definition) is 2. The molecule has 126 valence electrons. The van der Waals surface area contributed by atoms with Crippen LogP contribution in [-0.4, -0.2) is 30.6 Å². The highest BCUT2D eigenvalue weighted by Crippen LogP contribution is 2.22. The molecule has 1 heterocycles. The standard InChI is InChI=1S/C18H26N2O3/c1-18(2,3)13-8-6-12(7-9-13)11-14(16(19)21)20-17(22)15-5-4-10-23-15/h6-9,14-15H,4-5,10-11H2,1-3H3,(H2,19,21)(H,20,22)/t14-,15-/m0/s1. The molecule has 3 N–H and O–H groups in total. The SMILES string of the molecule is CC(C)(C)c1ccc(C[C@H](NC(=O)[C@@H]2CCCO2)C(N)=O)cc1. The van der Waals surface area contributed by atoms with E-state index in [1.54, 1.807) is 0 Å². The van der Waals surface area contributed by atoms with Crippen molar-refractivity contribution in [2.45, 2.75) is 57.6 Å². The number of nitrogens with one attached hydrogen (secondary N) is 1. The van der Waals surface area contributed by atoms with E-state index < -0.39 is 18.1 Å². The van der Waals surface area contributed by atoms with Crippen LogP contribution in [0.3, 0.4) is 0 Å². The third kappa shape index (κ3) is 4.79. The Hall–Kier alpha value is -1.88. The molecule has 5 heteroatoms. The molecule has 0 unspecified atom stereocenters. The first-order valence-corrected chi connectivity index (χ1v) is 8.08. The highest BCUT2D eigenvalue weighted by molar-refractivity contribution is 5.88. The zero-order chi connectivity index (χ0) is 17.0. The molecule has 0 bridgehead atoms. The van der Waals surface area contributed by atoms with Crippen LogP contribution in [0.15, 0.2) is 24.3 Å². The van der Waals surface area contributed by atoms with E-state index >= 15 is 0 Å². The maximum absolute atomic E-state index is 12.1. The average molecular weight is 318 g/mol. The minimum atomic E-state index is -0.716. The topological polar surface area (TPSA) is 81.4 Å². The molecule has 0 aliphatic carbocycles. The number of rotatable bonds is 5. The van der Waals surface area contributed by atoms with Crippen molar-refractivity contribution in [3.05, 3.63) is 35.4 Å². The van der Waals surface area contributed by atoms with E-state index in [4.69, 9.17) is 10.5 Å². The molecule has 1 fully saturated rings. The Labute approximate surface area is 137 Å². The van der Waals surface area contributed by atoms with Crippen LogP contribution in [0.4, 0.5) is 0 Å². The van der Waals surface area contributed by atoms with E-state index in [2.05, 4.69) is 38.2 Å². The highest BCUT2D eigenvalue weighted by Gasteiger charge is 2.27. The van der Waals surface area contributed by atoms with Gasteiger partial charge in [-0.15, -0.1) is 0 Å². The maximum Gasteiger partial charge on any atom is 0.249 e. The van der Waals surface area contributed by atoms with E-state index in [-0.39, 0.29) is 11.3 Å². The van der Waals surface area contributed by atoms with E-state index in [1.165, 1.54) is 5.56 Å². The van der Waals surface area contributed by atoms with Crippen molar-refractivity contribution in [1.82, 2.24) is 5.32 Å². The van der Waals surface area contributed by atoms with Gasteiger partial charge in [0.25, 0.3) is 0 Å². The fourth-order valence-corrected chi connectivity index (χ4v) is 2.65. The molecule has 1 aliphatic heterocycles. The number of nitrogens with two attached hydrogens (primary N) is 1. The van der Waals surface area contributed by atoms with Gasteiger partial charge in [0.05, 0.1) is 0 Å². The molecular formula is C18H26N2O3. The summed E-state index contributed by atoms with van der Waals surface area (Å²) >= 11 is 0. The predicted molar refractivity (Wildman–Crippen MR) is 88.9 cm³/mol. The normalized spacial score (nSPS) is 19.3. The minimum Gasteiger partial charge on any atom is -0.368 e. The monoisotopic (exact) mass is 318 g/mol. The second kappa shape index (κ2) is 7.13. The third-order valence-electron chi connectivity index (χ3n) is 4.14. The number of hydrogen-bond acceptors (Lipinski definition) is 3. The molecule has 0 spiro atoms. The first kappa shape index (κ1) is 17.5. The second-order valence-electron chi connectivity index (χ2n) is 7.12. The summed E-state index contributed by atoms with van der Waals surface area (Å²) in [4.78, 5) is 23.7. The largest absolute Gasteiger partial charge is 0.368 e. The molecule has 0 aromatic heterocycles. The summed E-state index contributed by atoms with van der Waals surface area (Å²) in [6.45, 7) is 7.04. The Balaban J connectivity index is 2.01. The lowest BCUT2D eigenvalue weighted by Crippen LogP contribution is -2.49. The van der Waals surface area contributed by atoms with Crippen LogP contribution in [0.1, 0.15) is 44.7 Å². The number of carbonyl (C=O) groups is 2. The predicted octanol–water partition coefficient (Wildman–Crippen LogP) is 1.68. The van der Waals surface area contributed by atoms with Gasteiger partial charge in [-0.05, 0) is 29.4 Å². The summed E-state index contributed by atoms with van der Waals surface area (Å²) in [5, 5.41) is 2.71. The van der Waals surface area contributed by atoms with Crippen molar-refractivity contribution in [2.24, 2.45) is 5.73 Å². The fourth-order valence-electron chi connectivity index (χ4n) is 2.65. The molecule has 0 saturated carbocycles. The van der Waals surface area contributed by atoms with Crippen molar-refractivity contribution in [3.8, 4) is 0 Å². The smallest absolute Gasteiger partial charge is 0.249 e. The molecular weight excluding hydrogens is 292 g/mol. The van der Waals surface area contributed by atoms with Crippen LogP contribution in [0, 0.1) is 0 Å². The Morgan fingerprint density at radius 2 is 1.96 bits per heavy atom. The van der Waals surface area contributed by atoms with Gasteiger partial charge in [-0.1, -0.05) is 45.0 Å². The summed E-state index contributed by atoms with van der Waals surface area (Å²) in [5.41, 5.74) is 7.70. The minimum absolute atomic E-state index is 0.0790. The van der Waals surface area contributed by atoms with Gasteiger partial charge in [0.15, 0.2) is 0 Å². The van der Waals surface area contributed by atoms with Gasteiger partial charge in [0, 0.05) is 13.0 Å². The van der Waals surface area contributed by atoms with Crippen molar-refractivity contribution in [3.63, 3.8) is 0 Å². The van der Waals surface area contributed by atoms with E-state index in [9.17, 15) is 9.59 Å². The number of benzene rings is 1. The van der Waals surface area contributed by atoms with Crippen LogP contribution in [0.25, 0.3) is 0 Å². The molecule has 2 atom stereocenters. The summed E-state index contributed by atoms with van der Waals surface area (Å²) in [6.07, 6.45) is 1.49. The molecule has 1 aromatic rings. The molecule has 0 radical (unpaired) electrons. The van der Waals surface area contributed by atoms with E-state index in [0.717, 1.165) is 12.0 Å². The highest BCUT2D eigenvalue weighted by atomic mass is 16.5. The molecule has 2 rings (SSSR count). The molecule has 23 heavy (non-hydrogen) atoms. The number of primary amides is 1. The summed E-state index contributed by atoms with van der Waals surface area (Å²) in [6, 6.07) is 7.35. The fraction of sp³-hybridized carbons (Fsp3) is 0.556. The van der Waals surface area contributed by atoms with E-state index in [0.29, 0.717) is 19.4 Å². The molecule has 2 amide bonds. The van der Waals surface area contributed by atoms with Gasteiger partial charge < -0.3 is 15.8 Å². The van der Waals surface area contributed by atoms with Crippen LogP contribution < -0.4 is 11.1 Å². The first-order valence-electron chi connectivity index (χ1n) is 8.08. The summed E-state index contributed by atoms with van der Waals surface area (Å²) in [7, 11) is 0. The number of carbonyl (C=O) groups excluding carboxylic acids is 2. The quantitative estimate of drug-likeness (QED) is 0.866. The number of amides is 2. The van der Waals surface area contributed by atoms with Gasteiger partial charge in [-0.2, -0.15) is 0 Å².